The molecule has 4 nitrogen and oxygen atoms in total. The fraction of sp³-hybridized carbons (Fsp3) is 0.278. The second-order valence-electron chi connectivity index (χ2n) is 6.04. The van der Waals surface area contributed by atoms with Crippen molar-refractivity contribution in [2.24, 2.45) is 0 Å². The molecule has 2 heterocycles. The van der Waals surface area contributed by atoms with Crippen molar-refractivity contribution in [3.05, 3.63) is 69.6 Å². The third kappa shape index (κ3) is 3.19. The number of nitrogens with one attached hydrogen (secondary N) is 3. The lowest BCUT2D eigenvalue weighted by Gasteiger charge is -2.12. The second kappa shape index (κ2) is 6.60. The van der Waals surface area contributed by atoms with Crippen LogP contribution in [0.2, 0.25) is 0 Å². The number of hydrogen-bond donors (Lipinski definition) is 3. The van der Waals surface area contributed by atoms with Crippen molar-refractivity contribution in [1.82, 2.24) is 15.3 Å². The van der Waals surface area contributed by atoms with E-state index in [1.54, 1.807) is 0 Å². The summed E-state index contributed by atoms with van der Waals surface area (Å²) in [5.74, 6) is 0.477. The summed E-state index contributed by atoms with van der Waals surface area (Å²) < 4.78 is 0. The van der Waals surface area contributed by atoms with E-state index in [9.17, 15) is 4.79 Å². The summed E-state index contributed by atoms with van der Waals surface area (Å²) in [4.78, 5) is 17.6. The standard InChI is InChI=1S/C18H19N3O.ClH/c22-18-20-16-10-13(8-12-4-2-1-3-5-12)9-15(17(16)21-18)14-6-7-19-11-14;/h1-5,9-10,14,19H,6-8,11H2,(H2,20,21,22);1H. The van der Waals surface area contributed by atoms with Gasteiger partial charge >= 0.3 is 5.69 Å². The number of aromatic amines is 2. The molecule has 120 valence electrons. The predicted molar refractivity (Wildman–Crippen MR) is 95.6 cm³/mol. The molecule has 1 fully saturated rings. The van der Waals surface area contributed by atoms with Gasteiger partial charge in [-0.2, -0.15) is 0 Å². The molecule has 0 saturated carbocycles. The summed E-state index contributed by atoms with van der Waals surface area (Å²) >= 11 is 0. The molecule has 1 saturated heterocycles. The molecule has 0 radical (unpaired) electrons. The largest absolute Gasteiger partial charge is 0.323 e. The Balaban J connectivity index is 0.00000156. The molecular formula is C18H20ClN3O. The van der Waals surface area contributed by atoms with Gasteiger partial charge in [-0.25, -0.2) is 4.79 Å². The highest BCUT2D eigenvalue weighted by Gasteiger charge is 2.20. The SMILES string of the molecule is Cl.O=c1[nH]c2cc(Cc3ccccc3)cc(C3CCNC3)c2[nH]1. The lowest BCUT2D eigenvalue weighted by molar-refractivity contribution is 0.767. The number of halogens is 1. The van der Waals surface area contributed by atoms with E-state index in [1.165, 1.54) is 16.7 Å². The summed E-state index contributed by atoms with van der Waals surface area (Å²) in [6.07, 6.45) is 2.01. The Morgan fingerprint density at radius 3 is 2.61 bits per heavy atom. The number of rotatable bonds is 3. The summed E-state index contributed by atoms with van der Waals surface area (Å²) in [5.41, 5.74) is 5.55. The molecule has 1 unspecified atom stereocenters. The average Bonchev–Trinajstić information content (AvgIpc) is 3.16. The molecule has 1 atom stereocenters. The Bertz CT molecular complexity index is 848. The van der Waals surface area contributed by atoms with E-state index in [0.717, 1.165) is 37.0 Å². The molecule has 23 heavy (non-hydrogen) atoms. The monoisotopic (exact) mass is 329 g/mol. The van der Waals surface area contributed by atoms with Gasteiger partial charge in [-0.15, -0.1) is 12.4 Å². The van der Waals surface area contributed by atoms with E-state index >= 15 is 0 Å². The molecule has 4 rings (SSSR count). The number of benzene rings is 2. The predicted octanol–water partition coefficient (Wildman–Crippen LogP) is 2.95. The van der Waals surface area contributed by atoms with Gasteiger partial charge in [-0.05, 0) is 48.1 Å². The summed E-state index contributed by atoms with van der Waals surface area (Å²) in [6, 6.07) is 14.8. The van der Waals surface area contributed by atoms with Crippen molar-refractivity contribution in [1.29, 1.82) is 0 Å². The molecule has 0 amide bonds. The van der Waals surface area contributed by atoms with Crippen LogP contribution in [0.1, 0.15) is 29.0 Å². The van der Waals surface area contributed by atoms with Crippen LogP contribution in [0.4, 0.5) is 0 Å². The zero-order valence-electron chi connectivity index (χ0n) is 12.8. The molecule has 0 bridgehead atoms. The van der Waals surface area contributed by atoms with Crippen molar-refractivity contribution < 1.29 is 0 Å². The molecule has 1 aliphatic heterocycles. The Kier molecular flexibility index (Phi) is 4.55. The Morgan fingerprint density at radius 1 is 1.04 bits per heavy atom. The van der Waals surface area contributed by atoms with Gasteiger partial charge in [0.05, 0.1) is 11.0 Å². The maximum atomic E-state index is 11.7. The van der Waals surface area contributed by atoms with Gasteiger partial charge in [0.15, 0.2) is 0 Å². The number of aromatic nitrogens is 2. The summed E-state index contributed by atoms with van der Waals surface area (Å²) in [6.45, 7) is 2.03. The van der Waals surface area contributed by atoms with E-state index in [2.05, 4.69) is 51.7 Å². The number of H-pyrrole nitrogens is 2. The van der Waals surface area contributed by atoms with Gasteiger partial charge in [-0.3, -0.25) is 0 Å². The van der Waals surface area contributed by atoms with Crippen LogP contribution in [0, 0.1) is 0 Å². The average molecular weight is 330 g/mol. The quantitative estimate of drug-likeness (QED) is 0.692. The molecule has 3 N–H and O–H groups in total. The molecule has 3 aromatic rings. The maximum absolute atomic E-state index is 11.7. The topological polar surface area (TPSA) is 60.7 Å². The molecular weight excluding hydrogens is 310 g/mol. The Morgan fingerprint density at radius 2 is 1.87 bits per heavy atom. The van der Waals surface area contributed by atoms with Gasteiger partial charge in [0.1, 0.15) is 0 Å². The molecule has 5 heteroatoms. The van der Waals surface area contributed by atoms with E-state index in [0.29, 0.717) is 5.92 Å². The highest BCUT2D eigenvalue weighted by molar-refractivity contribution is 5.85. The third-order valence-electron chi connectivity index (χ3n) is 4.47. The van der Waals surface area contributed by atoms with E-state index in [4.69, 9.17) is 0 Å². The van der Waals surface area contributed by atoms with Crippen LogP contribution >= 0.6 is 12.4 Å². The van der Waals surface area contributed by atoms with Crippen LogP contribution in [0.15, 0.2) is 47.3 Å². The Hall–Kier alpha value is -2.04. The Labute approximate surface area is 140 Å². The van der Waals surface area contributed by atoms with Gasteiger partial charge in [0, 0.05) is 6.54 Å². The van der Waals surface area contributed by atoms with Crippen LogP contribution < -0.4 is 11.0 Å². The van der Waals surface area contributed by atoms with Crippen LogP contribution in [-0.4, -0.2) is 23.1 Å². The first kappa shape index (κ1) is 15.8. The maximum Gasteiger partial charge on any atom is 0.323 e. The normalized spacial score (nSPS) is 17.3. The van der Waals surface area contributed by atoms with Gasteiger partial charge in [0.25, 0.3) is 0 Å². The first-order valence-corrected chi connectivity index (χ1v) is 7.79. The first-order chi connectivity index (χ1) is 10.8. The zero-order valence-corrected chi connectivity index (χ0v) is 13.6. The zero-order chi connectivity index (χ0) is 14.9. The number of fused-ring (bicyclic) bond motifs is 1. The molecule has 1 aromatic heterocycles. The third-order valence-corrected chi connectivity index (χ3v) is 4.47. The van der Waals surface area contributed by atoms with Crippen molar-refractivity contribution in [2.45, 2.75) is 18.8 Å². The van der Waals surface area contributed by atoms with Crippen LogP contribution in [0.3, 0.4) is 0 Å². The number of imidazole rings is 1. The van der Waals surface area contributed by atoms with Gasteiger partial charge in [0.2, 0.25) is 0 Å². The summed E-state index contributed by atoms with van der Waals surface area (Å²) in [7, 11) is 0. The highest BCUT2D eigenvalue weighted by Crippen LogP contribution is 2.29. The van der Waals surface area contributed by atoms with E-state index < -0.39 is 0 Å². The fourth-order valence-corrected chi connectivity index (χ4v) is 3.41. The van der Waals surface area contributed by atoms with E-state index in [-0.39, 0.29) is 18.1 Å². The van der Waals surface area contributed by atoms with Gasteiger partial charge < -0.3 is 15.3 Å². The van der Waals surface area contributed by atoms with Crippen molar-refractivity contribution >= 4 is 23.4 Å². The van der Waals surface area contributed by atoms with Crippen LogP contribution in [-0.2, 0) is 6.42 Å². The minimum Gasteiger partial charge on any atom is -0.316 e. The van der Waals surface area contributed by atoms with Crippen molar-refractivity contribution in [3.63, 3.8) is 0 Å². The lowest BCUT2D eigenvalue weighted by Crippen LogP contribution is -2.08. The minimum atomic E-state index is -0.126. The van der Waals surface area contributed by atoms with Crippen LogP contribution in [0.5, 0.6) is 0 Å². The van der Waals surface area contributed by atoms with Gasteiger partial charge in [-0.1, -0.05) is 36.4 Å². The molecule has 0 spiro atoms. The smallest absolute Gasteiger partial charge is 0.316 e. The van der Waals surface area contributed by atoms with Crippen molar-refractivity contribution in [3.8, 4) is 0 Å². The van der Waals surface area contributed by atoms with E-state index in [1.807, 2.05) is 6.07 Å². The van der Waals surface area contributed by atoms with Crippen molar-refractivity contribution in [2.75, 3.05) is 13.1 Å². The summed E-state index contributed by atoms with van der Waals surface area (Å²) in [5, 5.41) is 3.41. The highest BCUT2D eigenvalue weighted by atomic mass is 35.5. The molecule has 0 aliphatic carbocycles. The fourth-order valence-electron chi connectivity index (χ4n) is 3.41. The molecule has 2 aromatic carbocycles. The molecule has 1 aliphatic rings. The number of hydrogen-bond acceptors (Lipinski definition) is 2. The first-order valence-electron chi connectivity index (χ1n) is 7.79. The lowest BCUT2D eigenvalue weighted by atomic mass is 9.93. The van der Waals surface area contributed by atoms with Crippen LogP contribution in [0.25, 0.3) is 11.0 Å². The minimum absolute atomic E-state index is 0. The second-order valence-corrected chi connectivity index (χ2v) is 6.04.